The average Bonchev–Trinajstić information content (AvgIpc) is 2.13. The molecule has 0 heterocycles. The Morgan fingerprint density at radius 1 is 1.28 bits per heavy atom. The molecule has 18 heavy (non-hydrogen) atoms. The lowest BCUT2D eigenvalue weighted by atomic mass is 10.2. The highest BCUT2D eigenvalue weighted by Crippen LogP contribution is 2.05. The summed E-state index contributed by atoms with van der Waals surface area (Å²) in [6.07, 6.45) is 5.29. The van der Waals surface area contributed by atoms with Gasteiger partial charge in [0.25, 0.3) is 0 Å². The number of esters is 1. The third-order valence-electron chi connectivity index (χ3n) is 1.96. The van der Waals surface area contributed by atoms with Crippen LogP contribution in [0.25, 0.3) is 0 Å². The Balaban J connectivity index is 4.49. The van der Waals surface area contributed by atoms with Crippen LogP contribution in [0.5, 0.6) is 0 Å². The van der Waals surface area contributed by atoms with E-state index in [9.17, 15) is 14.7 Å². The number of nitrogens with zero attached hydrogens (tertiary/aromatic N) is 1. The molecule has 102 valence electrons. The van der Waals surface area contributed by atoms with Gasteiger partial charge in [-0.05, 0) is 6.92 Å². The van der Waals surface area contributed by atoms with Crippen LogP contribution in [-0.2, 0) is 14.3 Å². The summed E-state index contributed by atoms with van der Waals surface area (Å²) in [5.41, 5.74) is 0. The van der Waals surface area contributed by atoms with Gasteiger partial charge in [-0.25, -0.2) is 4.79 Å². The van der Waals surface area contributed by atoms with Crippen molar-refractivity contribution < 1.29 is 23.9 Å². The second-order valence-corrected chi connectivity index (χ2v) is 4.99. The van der Waals surface area contributed by atoms with E-state index in [-0.39, 0.29) is 6.42 Å². The Morgan fingerprint density at radius 2 is 1.89 bits per heavy atom. The quantitative estimate of drug-likeness (QED) is 0.275. The minimum atomic E-state index is -1.22. The minimum Gasteiger partial charge on any atom is -0.550 e. The fourth-order valence-corrected chi connectivity index (χ4v) is 1.39. The lowest BCUT2D eigenvalue weighted by Gasteiger charge is -2.28. The summed E-state index contributed by atoms with van der Waals surface area (Å²) in [5, 5.41) is 10.6. The van der Waals surface area contributed by atoms with Gasteiger partial charge in [0.15, 0.2) is 6.10 Å². The van der Waals surface area contributed by atoms with E-state index in [1.807, 2.05) is 28.1 Å². The standard InChI is InChI=1S/C13H21NO4/c1-5-6-7-8-13(17)18-11(9-12(15)16)10-14(2,3)4/h5-8,11H,9-10H2,1-4H3. The van der Waals surface area contributed by atoms with Gasteiger partial charge in [-0.3, -0.25) is 0 Å². The van der Waals surface area contributed by atoms with Gasteiger partial charge in [-0.2, -0.15) is 0 Å². The maximum Gasteiger partial charge on any atom is 0.331 e. The van der Waals surface area contributed by atoms with Crippen molar-refractivity contribution in [1.29, 1.82) is 0 Å². The van der Waals surface area contributed by atoms with E-state index in [4.69, 9.17) is 4.74 Å². The van der Waals surface area contributed by atoms with E-state index in [0.29, 0.717) is 11.0 Å². The summed E-state index contributed by atoms with van der Waals surface area (Å²) in [7, 11) is 5.68. The molecule has 0 radical (unpaired) electrons. The molecule has 1 atom stereocenters. The molecule has 0 bridgehead atoms. The Morgan fingerprint density at radius 3 is 2.33 bits per heavy atom. The van der Waals surface area contributed by atoms with Crippen molar-refractivity contribution in [2.45, 2.75) is 19.4 Å². The summed E-state index contributed by atoms with van der Waals surface area (Å²) >= 11 is 0. The molecule has 0 aromatic heterocycles. The van der Waals surface area contributed by atoms with E-state index in [1.165, 1.54) is 6.08 Å². The van der Waals surface area contributed by atoms with Gasteiger partial charge in [0, 0.05) is 18.5 Å². The maximum absolute atomic E-state index is 11.4. The van der Waals surface area contributed by atoms with Gasteiger partial charge in [-0.15, -0.1) is 0 Å². The number of rotatable bonds is 7. The van der Waals surface area contributed by atoms with Crippen LogP contribution in [0.2, 0.25) is 0 Å². The summed E-state index contributed by atoms with van der Waals surface area (Å²) < 4.78 is 5.59. The van der Waals surface area contributed by atoms with Crippen molar-refractivity contribution in [2.24, 2.45) is 0 Å². The highest BCUT2D eigenvalue weighted by atomic mass is 16.5. The molecular formula is C13H21NO4. The number of carbonyl (C=O) groups excluding carboxylic acids is 2. The monoisotopic (exact) mass is 255 g/mol. The van der Waals surface area contributed by atoms with Crippen LogP contribution < -0.4 is 5.11 Å². The zero-order valence-corrected chi connectivity index (χ0v) is 11.4. The number of ether oxygens (including phenoxy) is 1. The van der Waals surface area contributed by atoms with Crippen LogP contribution in [0, 0.1) is 0 Å². The number of hydrogen-bond donors (Lipinski definition) is 0. The molecule has 1 unspecified atom stereocenters. The first-order chi connectivity index (χ1) is 8.24. The molecule has 0 aromatic rings. The summed E-state index contributed by atoms with van der Waals surface area (Å²) in [5.74, 6) is -1.77. The van der Waals surface area contributed by atoms with Gasteiger partial charge in [0.05, 0.1) is 21.1 Å². The third-order valence-corrected chi connectivity index (χ3v) is 1.96. The van der Waals surface area contributed by atoms with E-state index >= 15 is 0 Å². The molecule has 0 rings (SSSR count). The summed E-state index contributed by atoms with van der Waals surface area (Å²) in [6, 6.07) is 0. The van der Waals surface area contributed by atoms with Crippen molar-refractivity contribution >= 4 is 11.9 Å². The Kier molecular flexibility index (Phi) is 6.97. The third kappa shape index (κ3) is 9.59. The number of carbonyl (C=O) groups is 2. The second kappa shape index (κ2) is 7.66. The molecule has 0 aromatic carbocycles. The number of carboxylic acids is 1. The predicted molar refractivity (Wildman–Crippen MR) is 66.4 cm³/mol. The molecule has 0 fully saturated rings. The molecule has 0 amide bonds. The average molecular weight is 255 g/mol. The molecule has 0 saturated heterocycles. The molecule has 0 spiro atoms. The zero-order chi connectivity index (χ0) is 14.2. The molecule has 5 heteroatoms. The second-order valence-electron chi connectivity index (χ2n) is 4.99. The fourth-order valence-electron chi connectivity index (χ4n) is 1.39. The van der Waals surface area contributed by atoms with E-state index in [2.05, 4.69) is 0 Å². The van der Waals surface area contributed by atoms with Crippen LogP contribution >= 0.6 is 0 Å². The van der Waals surface area contributed by atoms with Crippen molar-refractivity contribution in [2.75, 3.05) is 27.7 Å². The highest BCUT2D eigenvalue weighted by molar-refractivity contribution is 5.82. The fraction of sp³-hybridized carbons (Fsp3) is 0.538. The minimum absolute atomic E-state index is 0.293. The van der Waals surface area contributed by atoms with Crippen LogP contribution in [0.3, 0.4) is 0 Å². The Hall–Kier alpha value is -1.62. The van der Waals surface area contributed by atoms with Crippen molar-refractivity contribution in [3.8, 4) is 0 Å². The first kappa shape index (κ1) is 16.4. The number of aliphatic carboxylic acids is 1. The van der Waals surface area contributed by atoms with E-state index < -0.39 is 18.0 Å². The van der Waals surface area contributed by atoms with Gasteiger partial charge in [0.2, 0.25) is 0 Å². The maximum atomic E-state index is 11.4. The van der Waals surface area contributed by atoms with E-state index in [1.54, 1.807) is 18.2 Å². The van der Waals surface area contributed by atoms with Crippen LogP contribution in [0.15, 0.2) is 24.3 Å². The molecular weight excluding hydrogens is 234 g/mol. The number of carboxylic acid groups (broad SMARTS) is 1. The van der Waals surface area contributed by atoms with Crippen LogP contribution in [-0.4, -0.2) is 50.2 Å². The number of allylic oxidation sites excluding steroid dienone is 3. The zero-order valence-electron chi connectivity index (χ0n) is 11.4. The van der Waals surface area contributed by atoms with E-state index in [0.717, 1.165) is 0 Å². The first-order valence-corrected chi connectivity index (χ1v) is 5.75. The highest BCUT2D eigenvalue weighted by Gasteiger charge is 2.21. The molecule has 0 aliphatic rings. The topological polar surface area (TPSA) is 66.4 Å². The van der Waals surface area contributed by atoms with Crippen LogP contribution in [0.4, 0.5) is 0 Å². The van der Waals surface area contributed by atoms with Gasteiger partial charge in [0.1, 0.15) is 6.54 Å². The predicted octanol–water partition coefficient (Wildman–Crippen LogP) is -0.123. The van der Waals surface area contributed by atoms with Gasteiger partial charge in [-0.1, -0.05) is 18.2 Å². The number of quaternary nitrogens is 1. The Bertz CT molecular complexity index is 339. The lowest BCUT2D eigenvalue weighted by Crippen LogP contribution is -2.45. The van der Waals surface area contributed by atoms with Crippen molar-refractivity contribution in [1.82, 2.24) is 0 Å². The van der Waals surface area contributed by atoms with Crippen molar-refractivity contribution in [3.63, 3.8) is 0 Å². The Labute approximate surface area is 108 Å². The summed E-state index contributed by atoms with van der Waals surface area (Å²) in [6.45, 7) is 2.24. The molecule has 0 saturated carbocycles. The van der Waals surface area contributed by atoms with Crippen LogP contribution in [0.1, 0.15) is 13.3 Å². The normalized spacial score (nSPS) is 14.0. The van der Waals surface area contributed by atoms with Crippen molar-refractivity contribution in [3.05, 3.63) is 24.3 Å². The van der Waals surface area contributed by atoms with Gasteiger partial charge >= 0.3 is 5.97 Å². The smallest absolute Gasteiger partial charge is 0.331 e. The first-order valence-electron chi connectivity index (χ1n) is 5.75. The molecule has 5 nitrogen and oxygen atoms in total. The number of likely N-dealkylation sites (N-methyl/N-ethyl adjacent to an activating group) is 1. The molecule has 0 N–H and O–H groups in total. The SMILES string of the molecule is CC=CC=CC(=O)OC(CC(=O)[O-])C[N+](C)(C)C. The largest absolute Gasteiger partial charge is 0.550 e. The van der Waals surface area contributed by atoms with Gasteiger partial charge < -0.3 is 19.1 Å². The number of hydrogen-bond acceptors (Lipinski definition) is 4. The molecule has 0 aliphatic carbocycles. The molecule has 0 aliphatic heterocycles. The summed E-state index contributed by atoms with van der Waals surface area (Å²) in [4.78, 5) is 22.0. The lowest BCUT2D eigenvalue weighted by molar-refractivity contribution is -0.873.